The molecule has 1 amide bonds. The number of carbonyl (C=O) groups is 1. The zero-order valence-electron chi connectivity index (χ0n) is 18.3. The summed E-state index contributed by atoms with van der Waals surface area (Å²) >= 11 is 0. The second-order valence-corrected chi connectivity index (χ2v) is 8.33. The predicted molar refractivity (Wildman–Crippen MR) is 129 cm³/mol. The number of ether oxygens (including phenoxy) is 1. The van der Waals surface area contributed by atoms with Gasteiger partial charge in [0.15, 0.2) is 5.96 Å². The SMILES string of the molecule is CCNC(=NCCC1CCCN(C(=O)OC(C)(C)C)C1)NCCn1cccc1.I. The lowest BCUT2D eigenvalue weighted by Crippen LogP contribution is -2.43. The van der Waals surface area contributed by atoms with Crippen LogP contribution in [-0.4, -0.2) is 59.8 Å². The fourth-order valence-corrected chi connectivity index (χ4v) is 3.32. The first-order valence-corrected chi connectivity index (χ1v) is 10.5. The summed E-state index contributed by atoms with van der Waals surface area (Å²) in [6.07, 6.45) is 7.08. The average Bonchev–Trinajstić information content (AvgIpc) is 3.14. The number of amides is 1. The summed E-state index contributed by atoms with van der Waals surface area (Å²) in [4.78, 5) is 18.9. The van der Waals surface area contributed by atoms with Crippen LogP contribution in [0.1, 0.15) is 47.0 Å². The van der Waals surface area contributed by atoms with Crippen LogP contribution in [0.3, 0.4) is 0 Å². The lowest BCUT2D eigenvalue weighted by molar-refractivity contribution is 0.0163. The molecule has 1 unspecified atom stereocenters. The third-order valence-electron chi connectivity index (χ3n) is 4.65. The number of aliphatic imine (C=N–C) groups is 1. The van der Waals surface area contributed by atoms with Gasteiger partial charge in [0.25, 0.3) is 0 Å². The van der Waals surface area contributed by atoms with Crippen molar-refractivity contribution in [1.82, 2.24) is 20.1 Å². The van der Waals surface area contributed by atoms with Crippen molar-refractivity contribution in [2.75, 3.05) is 32.7 Å². The summed E-state index contributed by atoms with van der Waals surface area (Å²) in [5.74, 6) is 1.34. The van der Waals surface area contributed by atoms with Crippen LogP contribution in [0.25, 0.3) is 0 Å². The van der Waals surface area contributed by atoms with Crippen LogP contribution >= 0.6 is 24.0 Å². The molecule has 2 rings (SSSR count). The molecule has 2 heterocycles. The summed E-state index contributed by atoms with van der Waals surface area (Å²) in [7, 11) is 0. The van der Waals surface area contributed by atoms with E-state index in [2.05, 4.69) is 34.5 Å². The molecule has 0 saturated carbocycles. The first kappa shape index (κ1) is 25.6. The molecule has 1 aromatic rings. The Labute approximate surface area is 192 Å². The molecule has 0 aromatic carbocycles. The van der Waals surface area contributed by atoms with E-state index in [9.17, 15) is 4.79 Å². The number of hydrogen-bond acceptors (Lipinski definition) is 3. The smallest absolute Gasteiger partial charge is 0.410 e. The van der Waals surface area contributed by atoms with E-state index in [0.717, 1.165) is 64.5 Å². The van der Waals surface area contributed by atoms with Gasteiger partial charge in [-0.1, -0.05) is 0 Å². The lowest BCUT2D eigenvalue weighted by atomic mass is 9.95. The van der Waals surface area contributed by atoms with E-state index < -0.39 is 5.60 Å². The predicted octanol–water partition coefficient (Wildman–Crippen LogP) is 3.70. The van der Waals surface area contributed by atoms with Crippen molar-refractivity contribution in [3.63, 3.8) is 0 Å². The number of guanidine groups is 1. The molecular formula is C21H38IN5O2. The number of rotatable bonds is 7. The van der Waals surface area contributed by atoms with Gasteiger partial charge in [-0.2, -0.15) is 0 Å². The average molecular weight is 519 g/mol. The van der Waals surface area contributed by atoms with Gasteiger partial charge in [0.05, 0.1) is 0 Å². The number of hydrogen-bond donors (Lipinski definition) is 2. The number of carbonyl (C=O) groups excluding carboxylic acids is 1. The van der Waals surface area contributed by atoms with E-state index in [1.54, 1.807) is 0 Å². The monoisotopic (exact) mass is 519 g/mol. The molecule has 2 N–H and O–H groups in total. The molecule has 166 valence electrons. The number of halogens is 1. The molecule has 1 aromatic heterocycles. The van der Waals surface area contributed by atoms with Crippen molar-refractivity contribution in [3.8, 4) is 0 Å². The first-order valence-electron chi connectivity index (χ1n) is 10.5. The molecule has 0 aliphatic carbocycles. The highest BCUT2D eigenvalue weighted by Gasteiger charge is 2.27. The van der Waals surface area contributed by atoms with Crippen molar-refractivity contribution < 1.29 is 9.53 Å². The quantitative estimate of drug-likeness (QED) is 0.328. The van der Waals surface area contributed by atoms with Crippen molar-refractivity contribution in [3.05, 3.63) is 24.5 Å². The van der Waals surface area contributed by atoms with Gasteiger partial charge in [0, 0.05) is 51.7 Å². The van der Waals surface area contributed by atoms with Crippen LogP contribution in [0.5, 0.6) is 0 Å². The van der Waals surface area contributed by atoms with E-state index in [1.807, 2.05) is 37.8 Å². The van der Waals surface area contributed by atoms with Crippen molar-refractivity contribution >= 4 is 36.0 Å². The van der Waals surface area contributed by atoms with E-state index in [4.69, 9.17) is 9.73 Å². The van der Waals surface area contributed by atoms with E-state index in [-0.39, 0.29) is 30.1 Å². The van der Waals surface area contributed by atoms with E-state index in [0.29, 0.717) is 5.92 Å². The van der Waals surface area contributed by atoms with Crippen molar-refractivity contribution in [2.45, 2.75) is 59.1 Å². The minimum atomic E-state index is -0.443. The van der Waals surface area contributed by atoms with Crippen molar-refractivity contribution in [1.29, 1.82) is 0 Å². The topological polar surface area (TPSA) is 70.9 Å². The summed E-state index contributed by atoms with van der Waals surface area (Å²) in [5, 5.41) is 6.68. The Balaban J connectivity index is 0.00000420. The number of nitrogens with zero attached hydrogens (tertiary/aromatic N) is 3. The highest BCUT2D eigenvalue weighted by molar-refractivity contribution is 14.0. The van der Waals surface area contributed by atoms with Crippen LogP contribution in [0.4, 0.5) is 4.79 Å². The number of aromatic nitrogens is 1. The van der Waals surface area contributed by atoms with Crippen LogP contribution < -0.4 is 10.6 Å². The van der Waals surface area contributed by atoms with Gasteiger partial charge in [0.1, 0.15) is 5.60 Å². The summed E-state index contributed by atoms with van der Waals surface area (Å²) in [6.45, 7) is 12.7. The second-order valence-electron chi connectivity index (χ2n) is 8.33. The Kier molecular flexibility index (Phi) is 11.4. The largest absolute Gasteiger partial charge is 0.444 e. The molecule has 1 fully saturated rings. The third kappa shape index (κ3) is 10.2. The number of nitrogens with one attached hydrogen (secondary N) is 2. The van der Waals surface area contributed by atoms with E-state index in [1.165, 1.54) is 0 Å². The summed E-state index contributed by atoms with van der Waals surface area (Å²) in [6, 6.07) is 4.06. The number of piperidine rings is 1. The Hall–Kier alpha value is -1.45. The Bertz CT molecular complexity index is 613. The first-order chi connectivity index (χ1) is 13.4. The van der Waals surface area contributed by atoms with Gasteiger partial charge in [-0.15, -0.1) is 24.0 Å². The van der Waals surface area contributed by atoms with Crippen molar-refractivity contribution in [2.24, 2.45) is 10.9 Å². The fraction of sp³-hybridized carbons (Fsp3) is 0.714. The lowest BCUT2D eigenvalue weighted by Gasteiger charge is -2.34. The normalized spacial score (nSPS) is 17.4. The molecule has 0 bridgehead atoms. The van der Waals surface area contributed by atoms with Crippen LogP contribution in [-0.2, 0) is 11.3 Å². The standard InChI is InChI=1S/C21H37N5O2.HI/c1-5-22-19(24-12-16-25-13-6-7-14-25)23-11-10-18-9-8-15-26(17-18)20(27)28-21(2,3)4;/h6-7,13-14,18H,5,8-12,15-17H2,1-4H3,(H2,22,23,24);1H. The highest BCUT2D eigenvalue weighted by atomic mass is 127. The Morgan fingerprint density at radius 3 is 2.62 bits per heavy atom. The minimum Gasteiger partial charge on any atom is -0.444 e. The molecule has 29 heavy (non-hydrogen) atoms. The van der Waals surface area contributed by atoms with Gasteiger partial charge in [0.2, 0.25) is 0 Å². The highest BCUT2D eigenvalue weighted by Crippen LogP contribution is 2.21. The maximum absolute atomic E-state index is 12.3. The minimum absolute atomic E-state index is 0. The second kappa shape index (κ2) is 13.0. The molecule has 1 saturated heterocycles. The van der Waals surface area contributed by atoms with E-state index >= 15 is 0 Å². The molecule has 0 spiro atoms. The molecule has 8 heteroatoms. The van der Waals surface area contributed by atoms with Gasteiger partial charge in [-0.3, -0.25) is 4.99 Å². The zero-order valence-corrected chi connectivity index (χ0v) is 20.6. The Morgan fingerprint density at radius 1 is 1.24 bits per heavy atom. The zero-order chi connectivity index (χ0) is 20.4. The molecule has 1 aliphatic heterocycles. The summed E-state index contributed by atoms with van der Waals surface area (Å²) < 4.78 is 7.66. The summed E-state index contributed by atoms with van der Waals surface area (Å²) in [5.41, 5.74) is -0.443. The van der Waals surface area contributed by atoms with Crippen LogP contribution in [0.2, 0.25) is 0 Å². The molecule has 1 aliphatic rings. The third-order valence-corrected chi connectivity index (χ3v) is 4.65. The Morgan fingerprint density at radius 2 is 1.97 bits per heavy atom. The van der Waals surface area contributed by atoms with Gasteiger partial charge in [-0.05, 0) is 65.0 Å². The van der Waals surface area contributed by atoms with Gasteiger partial charge < -0.3 is 24.8 Å². The van der Waals surface area contributed by atoms with Crippen LogP contribution in [0, 0.1) is 5.92 Å². The fourth-order valence-electron chi connectivity index (χ4n) is 3.32. The molecule has 1 atom stereocenters. The number of likely N-dealkylation sites (tertiary alicyclic amines) is 1. The molecule has 0 radical (unpaired) electrons. The van der Waals surface area contributed by atoms with Gasteiger partial charge in [-0.25, -0.2) is 4.79 Å². The molecular weight excluding hydrogens is 481 g/mol. The maximum atomic E-state index is 12.3. The maximum Gasteiger partial charge on any atom is 0.410 e. The van der Waals surface area contributed by atoms with Crippen LogP contribution in [0.15, 0.2) is 29.5 Å². The molecule has 7 nitrogen and oxygen atoms in total. The van der Waals surface area contributed by atoms with Gasteiger partial charge >= 0.3 is 6.09 Å².